The summed E-state index contributed by atoms with van der Waals surface area (Å²) < 4.78 is 5.72. The van der Waals surface area contributed by atoms with Gasteiger partial charge < -0.3 is 19.8 Å². The third-order valence-corrected chi connectivity index (χ3v) is 4.05. The van der Waals surface area contributed by atoms with Crippen molar-refractivity contribution in [1.29, 1.82) is 0 Å². The number of aliphatic hydroxyl groups excluding tert-OH is 2. The molecule has 0 saturated carbocycles. The molecule has 23 heavy (non-hydrogen) atoms. The summed E-state index contributed by atoms with van der Waals surface area (Å²) in [5.41, 5.74) is 1.78. The molecule has 1 saturated heterocycles. The standard InChI is InChI=1S/C16H21N3O4/c20-6-2-1-3-7-23-12-4-5-13-11(8-12)9-19-14(10-21)15(22)18-16(19)17-13/h4-5,8,14,20-21H,1-3,6-7,9-10H2,(H,17,18,22). The van der Waals surface area contributed by atoms with E-state index in [9.17, 15) is 9.90 Å². The molecule has 1 unspecified atom stereocenters. The molecule has 3 rings (SSSR count). The topological polar surface area (TPSA) is 94.4 Å². The van der Waals surface area contributed by atoms with Gasteiger partial charge in [-0.1, -0.05) is 0 Å². The van der Waals surface area contributed by atoms with Crippen LogP contribution < -0.4 is 10.1 Å². The van der Waals surface area contributed by atoms with Crippen LogP contribution in [0.4, 0.5) is 5.69 Å². The molecule has 0 radical (unpaired) electrons. The van der Waals surface area contributed by atoms with Crippen LogP contribution in [0.3, 0.4) is 0 Å². The van der Waals surface area contributed by atoms with Gasteiger partial charge in [-0.25, -0.2) is 4.99 Å². The summed E-state index contributed by atoms with van der Waals surface area (Å²) in [4.78, 5) is 18.0. The van der Waals surface area contributed by atoms with Gasteiger partial charge in [-0.2, -0.15) is 0 Å². The number of aliphatic hydroxyl groups is 2. The predicted molar refractivity (Wildman–Crippen MR) is 84.5 cm³/mol. The zero-order valence-corrected chi connectivity index (χ0v) is 12.9. The Labute approximate surface area is 134 Å². The summed E-state index contributed by atoms with van der Waals surface area (Å²) in [7, 11) is 0. The van der Waals surface area contributed by atoms with Crippen LogP contribution >= 0.6 is 0 Å². The number of amides is 1. The Balaban J connectivity index is 1.67. The van der Waals surface area contributed by atoms with Crippen LogP contribution in [0.5, 0.6) is 5.75 Å². The van der Waals surface area contributed by atoms with Crippen molar-refractivity contribution in [3.63, 3.8) is 0 Å². The van der Waals surface area contributed by atoms with E-state index in [1.807, 2.05) is 18.2 Å². The average molecular weight is 319 g/mol. The maximum absolute atomic E-state index is 11.8. The van der Waals surface area contributed by atoms with Gasteiger partial charge in [0.15, 0.2) is 0 Å². The second-order valence-corrected chi connectivity index (χ2v) is 5.67. The lowest BCUT2D eigenvalue weighted by Gasteiger charge is -2.27. The molecule has 1 aromatic rings. The van der Waals surface area contributed by atoms with E-state index in [1.165, 1.54) is 0 Å². The molecule has 0 spiro atoms. The van der Waals surface area contributed by atoms with Crippen molar-refractivity contribution in [3.8, 4) is 5.75 Å². The summed E-state index contributed by atoms with van der Waals surface area (Å²) in [5, 5.41) is 20.8. The molecule has 1 atom stereocenters. The first-order valence-corrected chi connectivity index (χ1v) is 7.86. The Bertz CT molecular complexity index is 617. The molecular weight excluding hydrogens is 298 g/mol. The molecule has 3 N–H and O–H groups in total. The van der Waals surface area contributed by atoms with Crippen molar-refractivity contribution in [2.75, 3.05) is 19.8 Å². The second kappa shape index (κ2) is 6.97. The molecular formula is C16H21N3O4. The van der Waals surface area contributed by atoms with E-state index in [0.717, 1.165) is 36.3 Å². The zero-order chi connectivity index (χ0) is 16.2. The van der Waals surface area contributed by atoms with Crippen molar-refractivity contribution in [1.82, 2.24) is 10.2 Å². The Morgan fingerprint density at radius 1 is 1.30 bits per heavy atom. The maximum Gasteiger partial charge on any atom is 0.251 e. The molecule has 2 aliphatic rings. The SMILES string of the molecule is O=C1NC2=Nc3ccc(OCCCCCO)cc3CN2C1CO. The predicted octanol–water partition coefficient (Wildman–Crippen LogP) is 0.522. The van der Waals surface area contributed by atoms with Gasteiger partial charge in [0.2, 0.25) is 5.96 Å². The summed E-state index contributed by atoms with van der Waals surface area (Å²) in [5.74, 6) is 1.05. The summed E-state index contributed by atoms with van der Waals surface area (Å²) in [6.07, 6.45) is 2.63. The highest BCUT2D eigenvalue weighted by Gasteiger charge is 2.38. The van der Waals surface area contributed by atoms with Crippen molar-refractivity contribution in [2.24, 2.45) is 4.99 Å². The summed E-state index contributed by atoms with van der Waals surface area (Å²) in [6.45, 7) is 1.10. The van der Waals surface area contributed by atoms with Crippen molar-refractivity contribution in [3.05, 3.63) is 23.8 Å². The number of nitrogens with zero attached hydrogens (tertiary/aromatic N) is 2. The number of guanidine groups is 1. The van der Waals surface area contributed by atoms with Crippen LogP contribution in [0.25, 0.3) is 0 Å². The molecule has 1 fully saturated rings. The Hall–Kier alpha value is -2.12. The van der Waals surface area contributed by atoms with Gasteiger partial charge in [0.1, 0.15) is 11.8 Å². The van der Waals surface area contributed by atoms with Gasteiger partial charge >= 0.3 is 0 Å². The highest BCUT2D eigenvalue weighted by atomic mass is 16.5. The third-order valence-electron chi connectivity index (χ3n) is 4.05. The first kappa shape index (κ1) is 15.8. The first-order valence-electron chi connectivity index (χ1n) is 7.86. The Morgan fingerprint density at radius 2 is 2.17 bits per heavy atom. The van der Waals surface area contributed by atoms with Crippen LogP contribution in [0.15, 0.2) is 23.2 Å². The number of carbonyl (C=O) groups excluding carboxylic acids is 1. The number of aliphatic imine (C=N–C) groups is 1. The summed E-state index contributed by atoms with van der Waals surface area (Å²) in [6, 6.07) is 5.09. The fourth-order valence-electron chi connectivity index (χ4n) is 2.78. The number of benzene rings is 1. The number of carbonyl (C=O) groups is 1. The Kier molecular flexibility index (Phi) is 4.78. The van der Waals surface area contributed by atoms with E-state index in [-0.39, 0.29) is 19.1 Å². The van der Waals surface area contributed by atoms with Crippen molar-refractivity contribution >= 4 is 17.6 Å². The largest absolute Gasteiger partial charge is 0.494 e. The van der Waals surface area contributed by atoms with Gasteiger partial charge in [0.25, 0.3) is 5.91 Å². The van der Waals surface area contributed by atoms with Crippen LogP contribution in [-0.2, 0) is 11.3 Å². The summed E-state index contributed by atoms with van der Waals surface area (Å²) >= 11 is 0. The van der Waals surface area contributed by atoms with Crippen LogP contribution in [0.1, 0.15) is 24.8 Å². The van der Waals surface area contributed by atoms with Gasteiger partial charge in [-0.05, 0) is 37.5 Å². The first-order chi connectivity index (χ1) is 11.2. The molecule has 2 aliphatic heterocycles. The second-order valence-electron chi connectivity index (χ2n) is 5.67. The van der Waals surface area contributed by atoms with E-state index < -0.39 is 6.04 Å². The number of ether oxygens (including phenoxy) is 1. The van der Waals surface area contributed by atoms with E-state index in [0.29, 0.717) is 19.1 Å². The number of hydrogen-bond donors (Lipinski definition) is 3. The van der Waals surface area contributed by atoms with Crippen LogP contribution in [-0.4, -0.2) is 52.8 Å². The van der Waals surface area contributed by atoms with E-state index in [2.05, 4.69) is 10.3 Å². The zero-order valence-electron chi connectivity index (χ0n) is 12.9. The van der Waals surface area contributed by atoms with Crippen molar-refractivity contribution in [2.45, 2.75) is 31.8 Å². The number of nitrogens with one attached hydrogen (secondary N) is 1. The number of hydrogen-bond acceptors (Lipinski definition) is 6. The third kappa shape index (κ3) is 3.30. The molecule has 1 amide bonds. The highest BCUT2D eigenvalue weighted by molar-refractivity contribution is 6.07. The van der Waals surface area contributed by atoms with E-state index >= 15 is 0 Å². The van der Waals surface area contributed by atoms with Gasteiger partial charge in [0.05, 0.1) is 18.9 Å². The highest BCUT2D eigenvalue weighted by Crippen LogP contribution is 2.31. The maximum atomic E-state index is 11.8. The fourth-order valence-corrected chi connectivity index (χ4v) is 2.78. The lowest BCUT2D eigenvalue weighted by atomic mass is 10.1. The fraction of sp³-hybridized carbons (Fsp3) is 0.500. The number of rotatable bonds is 7. The quantitative estimate of drug-likeness (QED) is 0.637. The minimum atomic E-state index is -0.579. The van der Waals surface area contributed by atoms with Gasteiger partial charge in [0, 0.05) is 18.7 Å². The van der Waals surface area contributed by atoms with Gasteiger partial charge in [-0.3, -0.25) is 10.1 Å². The molecule has 0 bridgehead atoms. The van der Waals surface area contributed by atoms with E-state index in [1.54, 1.807) is 4.90 Å². The Morgan fingerprint density at radius 3 is 2.96 bits per heavy atom. The average Bonchev–Trinajstić information content (AvgIpc) is 2.86. The van der Waals surface area contributed by atoms with E-state index in [4.69, 9.17) is 9.84 Å². The molecule has 7 nitrogen and oxygen atoms in total. The smallest absolute Gasteiger partial charge is 0.251 e. The normalized spacial score (nSPS) is 19.0. The minimum absolute atomic E-state index is 0.216. The van der Waals surface area contributed by atoms with Crippen LogP contribution in [0.2, 0.25) is 0 Å². The molecule has 0 aromatic heterocycles. The lowest BCUT2D eigenvalue weighted by Crippen LogP contribution is -2.39. The lowest BCUT2D eigenvalue weighted by molar-refractivity contribution is -0.122. The molecule has 1 aromatic carbocycles. The van der Waals surface area contributed by atoms with Crippen LogP contribution in [0, 0.1) is 0 Å². The number of fused-ring (bicyclic) bond motifs is 2. The molecule has 124 valence electrons. The molecule has 0 aliphatic carbocycles. The molecule has 7 heteroatoms. The monoisotopic (exact) mass is 319 g/mol. The van der Waals surface area contributed by atoms with Gasteiger partial charge in [-0.15, -0.1) is 0 Å². The van der Waals surface area contributed by atoms with Crippen molar-refractivity contribution < 1.29 is 19.7 Å². The minimum Gasteiger partial charge on any atom is -0.494 e. The molecule has 2 heterocycles. The number of unbranched alkanes of at least 4 members (excludes halogenated alkanes) is 2.